The van der Waals surface area contributed by atoms with E-state index >= 15 is 0 Å². The van der Waals surface area contributed by atoms with Crippen molar-refractivity contribution in [3.8, 4) is 11.8 Å². The minimum absolute atomic E-state index is 0.392. The van der Waals surface area contributed by atoms with Crippen molar-refractivity contribution < 1.29 is 29.7 Å². The summed E-state index contributed by atoms with van der Waals surface area (Å²) in [6.07, 6.45) is -2.12. The van der Waals surface area contributed by atoms with Gasteiger partial charge in [0.2, 0.25) is 0 Å². The van der Waals surface area contributed by atoms with Crippen LogP contribution in [0.3, 0.4) is 0 Å². The van der Waals surface area contributed by atoms with E-state index in [0.29, 0.717) is 5.56 Å². The van der Waals surface area contributed by atoms with Gasteiger partial charge < -0.3 is 19.7 Å². The molecule has 2 atom stereocenters. The van der Waals surface area contributed by atoms with Gasteiger partial charge in [-0.05, 0) is 35.4 Å². The largest absolute Gasteiger partial charge is 0.393 e. The highest BCUT2D eigenvalue weighted by molar-refractivity contribution is 5.79. The topological polar surface area (TPSA) is 111 Å². The monoisotopic (exact) mass is 440 g/mol. The maximum atomic E-state index is 11.5. The van der Waals surface area contributed by atoms with E-state index in [4.69, 9.17) is 14.7 Å². The van der Waals surface area contributed by atoms with E-state index < -0.39 is 31.3 Å². The molecule has 1 aliphatic heterocycles. The van der Waals surface area contributed by atoms with E-state index in [1.165, 1.54) is 11.0 Å². The molecule has 0 unspecified atom stereocenters. The first-order chi connectivity index (χ1) is 15.6. The van der Waals surface area contributed by atoms with Crippen LogP contribution < -0.4 is 5.48 Å². The molecule has 0 radical (unpaired) electrons. The third-order valence-corrected chi connectivity index (χ3v) is 5.16. The molecule has 1 saturated heterocycles. The summed E-state index contributed by atoms with van der Waals surface area (Å²) in [5, 5.41) is 27.5. The Morgan fingerprint density at radius 1 is 1.00 bits per heavy atom. The predicted octanol–water partition coefficient (Wildman–Crippen LogP) is 0.835. The molecule has 170 valence electrons. The molecule has 0 saturated carbocycles. The zero-order valence-corrected chi connectivity index (χ0v) is 17.7. The average molecular weight is 440 g/mol. The van der Waals surface area contributed by atoms with Gasteiger partial charge in [0.05, 0.1) is 26.4 Å². The van der Waals surface area contributed by atoms with Crippen LogP contribution in [0.5, 0.6) is 0 Å². The first kappa shape index (κ1) is 23.9. The fourth-order valence-corrected chi connectivity index (χ4v) is 3.32. The molecule has 0 spiro atoms. The van der Waals surface area contributed by atoms with E-state index in [9.17, 15) is 15.0 Å². The van der Waals surface area contributed by atoms with E-state index in [-0.39, 0.29) is 0 Å². The van der Waals surface area contributed by atoms with Gasteiger partial charge in [-0.2, -0.15) is 0 Å². The number of carbonyl (C=O) groups excluding carboxylic acids is 1. The minimum Gasteiger partial charge on any atom is -0.393 e. The molecule has 0 aromatic heterocycles. The number of hydrogen-bond donors (Lipinski definition) is 4. The molecule has 1 amide bonds. The number of hydrogen-bond acceptors (Lipinski definition) is 7. The van der Waals surface area contributed by atoms with Gasteiger partial charge in [0, 0.05) is 30.8 Å². The lowest BCUT2D eigenvalue weighted by Crippen LogP contribution is -2.38. The third-order valence-electron chi connectivity index (χ3n) is 5.16. The quantitative estimate of drug-likeness (QED) is 0.273. The Bertz CT molecular complexity index is 914. The van der Waals surface area contributed by atoms with Crippen molar-refractivity contribution in [2.45, 2.75) is 18.8 Å². The number of rotatable bonds is 8. The Labute approximate surface area is 187 Å². The summed E-state index contributed by atoms with van der Waals surface area (Å²) < 4.78 is 10.8. The zero-order valence-electron chi connectivity index (χ0n) is 17.7. The maximum absolute atomic E-state index is 11.5. The number of ether oxygens (including phenoxy) is 2. The molecule has 1 heterocycles. The van der Waals surface area contributed by atoms with Crippen molar-refractivity contribution >= 4 is 5.91 Å². The Kier molecular flexibility index (Phi) is 9.19. The van der Waals surface area contributed by atoms with E-state index in [0.717, 1.165) is 44.0 Å². The molecule has 1 aliphatic rings. The molecule has 1 fully saturated rings. The molecular weight excluding hydrogens is 412 g/mol. The van der Waals surface area contributed by atoms with Crippen molar-refractivity contribution in [1.82, 2.24) is 10.4 Å². The van der Waals surface area contributed by atoms with Crippen molar-refractivity contribution in [3.63, 3.8) is 0 Å². The number of nitrogens with one attached hydrogen (secondary N) is 1. The predicted molar refractivity (Wildman–Crippen MR) is 117 cm³/mol. The van der Waals surface area contributed by atoms with Crippen LogP contribution in [0.1, 0.15) is 28.4 Å². The zero-order chi connectivity index (χ0) is 22.8. The third kappa shape index (κ3) is 6.87. The summed E-state index contributed by atoms with van der Waals surface area (Å²) in [5.41, 5.74) is 5.00. The summed E-state index contributed by atoms with van der Waals surface area (Å²) in [6, 6.07) is 15.3. The van der Waals surface area contributed by atoms with Crippen LogP contribution in [0.2, 0.25) is 0 Å². The molecule has 8 nitrogen and oxygen atoms in total. The number of aliphatic hydroxyl groups is 2. The van der Waals surface area contributed by atoms with E-state index in [1.807, 2.05) is 12.1 Å². The second-order valence-corrected chi connectivity index (χ2v) is 7.41. The first-order valence-corrected chi connectivity index (χ1v) is 10.4. The van der Waals surface area contributed by atoms with Gasteiger partial charge >= 0.3 is 0 Å². The second kappa shape index (κ2) is 12.3. The molecule has 2 aromatic carbocycles. The standard InChI is InChI=1S/C24H28N2O6/c27-16-22(32-23(17-28)24(29)25-30)21-9-7-19(8-10-21)2-1-18-3-5-20(6-4-18)15-26-11-13-31-14-12-26/h3-10,22-23,27-28,30H,11-17H2,(H,25,29)/t22-,23-/m1/s1. The van der Waals surface area contributed by atoms with Crippen LogP contribution in [-0.2, 0) is 20.8 Å². The highest BCUT2D eigenvalue weighted by Gasteiger charge is 2.23. The molecule has 2 aromatic rings. The second-order valence-electron chi connectivity index (χ2n) is 7.41. The molecule has 3 rings (SSSR count). The molecule has 8 heteroatoms. The number of nitrogens with zero attached hydrogens (tertiary/aromatic N) is 1. The van der Waals surface area contributed by atoms with Gasteiger partial charge in [0.25, 0.3) is 5.91 Å². The Morgan fingerprint density at radius 2 is 1.59 bits per heavy atom. The molecular formula is C24H28N2O6. The van der Waals surface area contributed by atoms with Gasteiger partial charge in [-0.15, -0.1) is 0 Å². The van der Waals surface area contributed by atoms with Crippen molar-refractivity contribution in [2.75, 3.05) is 39.5 Å². The lowest BCUT2D eigenvalue weighted by atomic mass is 10.1. The van der Waals surface area contributed by atoms with Gasteiger partial charge in [0.1, 0.15) is 6.10 Å². The number of aliphatic hydroxyl groups excluding tert-OH is 2. The minimum atomic E-state index is -1.29. The molecule has 0 aliphatic carbocycles. The van der Waals surface area contributed by atoms with Crippen molar-refractivity contribution in [1.29, 1.82) is 0 Å². The normalized spacial score (nSPS) is 16.0. The van der Waals surface area contributed by atoms with Crippen LogP contribution in [0.25, 0.3) is 0 Å². The van der Waals surface area contributed by atoms with Crippen LogP contribution in [0.15, 0.2) is 48.5 Å². The molecule has 0 bridgehead atoms. The van der Waals surface area contributed by atoms with Crippen LogP contribution >= 0.6 is 0 Å². The Hall–Kier alpha value is -2.77. The molecule has 4 N–H and O–H groups in total. The number of morpholine rings is 1. The lowest BCUT2D eigenvalue weighted by molar-refractivity contribution is -0.150. The highest BCUT2D eigenvalue weighted by Crippen LogP contribution is 2.19. The maximum Gasteiger partial charge on any atom is 0.274 e. The van der Waals surface area contributed by atoms with Crippen molar-refractivity contribution in [3.05, 3.63) is 70.8 Å². The van der Waals surface area contributed by atoms with Crippen LogP contribution in [-0.4, -0.2) is 71.8 Å². The first-order valence-electron chi connectivity index (χ1n) is 10.4. The Morgan fingerprint density at radius 3 is 2.12 bits per heavy atom. The fraction of sp³-hybridized carbons (Fsp3) is 0.375. The van der Waals surface area contributed by atoms with Crippen LogP contribution in [0, 0.1) is 11.8 Å². The number of benzene rings is 2. The number of carbonyl (C=O) groups is 1. The van der Waals surface area contributed by atoms with E-state index in [1.54, 1.807) is 24.3 Å². The average Bonchev–Trinajstić information content (AvgIpc) is 2.85. The smallest absolute Gasteiger partial charge is 0.274 e. The highest BCUT2D eigenvalue weighted by atomic mass is 16.5. The Balaban J connectivity index is 1.60. The van der Waals surface area contributed by atoms with Gasteiger partial charge in [-0.1, -0.05) is 36.1 Å². The lowest BCUT2D eigenvalue weighted by Gasteiger charge is -2.26. The molecule has 32 heavy (non-hydrogen) atoms. The fourth-order valence-electron chi connectivity index (χ4n) is 3.32. The summed E-state index contributed by atoms with van der Waals surface area (Å²) in [6.45, 7) is 3.36. The van der Waals surface area contributed by atoms with E-state index in [2.05, 4.69) is 28.9 Å². The summed E-state index contributed by atoms with van der Waals surface area (Å²) in [4.78, 5) is 13.8. The van der Waals surface area contributed by atoms with Gasteiger partial charge in [-0.3, -0.25) is 14.9 Å². The van der Waals surface area contributed by atoms with Crippen molar-refractivity contribution in [2.24, 2.45) is 0 Å². The van der Waals surface area contributed by atoms with Gasteiger partial charge in [0.15, 0.2) is 6.10 Å². The summed E-state index contributed by atoms with van der Waals surface area (Å²) in [7, 11) is 0. The SMILES string of the molecule is O=C(NO)[C@@H](CO)O[C@H](CO)c1ccc(C#Cc2ccc(CN3CCOCC3)cc2)cc1. The van der Waals surface area contributed by atoms with Crippen LogP contribution in [0.4, 0.5) is 0 Å². The summed E-state index contributed by atoms with van der Waals surface area (Å²) in [5.74, 6) is 5.36. The summed E-state index contributed by atoms with van der Waals surface area (Å²) >= 11 is 0. The number of amides is 1. The van der Waals surface area contributed by atoms with Gasteiger partial charge in [-0.25, -0.2) is 5.48 Å². The number of hydroxylamine groups is 1.